The number of fused-ring (bicyclic) bond motifs is 1. The molecule has 3 N–H and O–H groups in total. The Bertz CT molecular complexity index is 1230. The lowest BCUT2D eigenvalue weighted by Crippen LogP contribution is -2.29. The second-order valence-electron chi connectivity index (χ2n) is 6.82. The number of imide groups is 1. The number of nitrogens with zero attached hydrogens (tertiary/aromatic N) is 1. The first-order valence-corrected chi connectivity index (χ1v) is 9.27. The van der Waals surface area contributed by atoms with Crippen LogP contribution in [0.3, 0.4) is 0 Å². The first-order chi connectivity index (χ1) is 14.9. The number of nitrogens with two attached hydrogens (primary N) is 1. The van der Waals surface area contributed by atoms with Gasteiger partial charge in [0.25, 0.3) is 17.7 Å². The van der Waals surface area contributed by atoms with Crippen molar-refractivity contribution in [3.63, 3.8) is 0 Å². The molecule has 0 atom stereocenters. The van der Waals surface area contributed by atoms with Crippen LogP contribution in [0.1, 0.15) is 41.4 Å². The molecule has 31 heavy (non-hydrogen) atoms. The van der Waals surface area contributed by atoms with E-state index in [-0.39, 0.29) is 17.0 Å². The number of rotatable bonds is 4. The second-order valence-corrected chi connectivity index (χ2v) is 6.82. The Balaban J connectivity index is 1.58. The van der Waals surface area contributed by atoms with Crippen LogP contribution < -0.4 is 16.0 Å². The van der Waals surface area contributed by atoms with Crippen molar-refractivity contribution < 1.29 is 23.9 Å². The number of carbonyl (C=O) groups is 4. The van der Waals surface area contributed by atoms with Crippen molar-refractivity contribution in [2.45, 2.75) is 0 Å². The molecule has 3 aromatic carbocycles. The standard InChI is InChI=1S/C23H17N3O5/c1-31-23(30)13-5-8-17(9-6-13)26-21(28)18-10-7-16(12-19(18)22(26)29)25-20(27)14-3-2-4-15(24)11-14/h2-12H,24H2,1H3,(H,25,27). The number of ether oxygens (including phenoxy) is 1. The van der Waals surface area contributed by atoms with Gasteiger partial charge in [-0.05, 0) is 60.7 Å². The highest BCUT2D eigenvalue weighted by Crippen LogP contribution is 2.30. The highest BCUT2D eigenvalue weighted by atomic mass is 16.5. The maximum absolute atomic E-state index is 12.9. The quantitative estimate of drug-likeness (QED) is 0.384. The van der Waals surface area contributed by atoms with Gasteiger partial charge >= 0.3 is 5.97 Å². The molecule has 3 aromatic rings. The van der Waals surface area contributed by atoms with Crippen molar-refractivity contribution in [3.8, 4) is 0 Å². The number of carbonyl (C=O) groups excluding carboxylic acids is 4. The van der Waals surface area contributed by atoms with Crippen molar-refractivity contribution >= 4 is 40.8 Å². The molecule has 0 spiro atoms. The van der Waals surface area contributed by atoms with E-state index in [9.17, 15) is 19.2 Å². The van der Waals surface area contributed by atoms with Crippen LogP contribution in [-0.4, -0.2) is 30.8 Å². The molecule has 0 aromatic heterocycles. The number of anilines is 3. The van der Waals surface area contributed by atoms with Crippen LogP contribution in [0.25, 0.3) is 0 Å². The summed E-state index contributed by atoms with van der Waals surface area (Å²) in [5, 5.41) is 2.70. The van der Waals surface area contributed by atoms with Gasteiger partial charge in [0, 0.05) is 16.9 Å². The van der Waals surface area contributed by atoms with E-state index >= 15 is 0 Å². The van der Waals surface area contributed by atoms with Crippen LogP contribution in [0.5, 0.6) is 0 Å². The second kappa shape index (κ2) is 7.75. The molecule has 0 fully saturated rings. The molecule has 8 nitrogen and oxygen atoms in total. The molecule has 3 amide bonds. The summed E-state index contributed by atoms with van der Waals surface area (Å²) in [7, 11) is 1.27. The van der Waals surface area contributed by atoms with E-state index in [1.165, 1.54) is 49.6 Å². The fourth-order valence-electron chi connectivity index (χ4n) is 3.30. The van der Waals surface area contributed by atoms with Crippen molar-refractivity contribution in [1.29, 1.82) is 0 Å². The summed E-state index contributed by atoms with van der Waals surface area (Å²) >= 11 is 0. The van der Waals surface area contributed by atoms with Gasteiger partial charge in [-0.3, -0.25) is 14.4 Å². The Morgan fingerprint density at radius 2 is 1.58 bits per heavy atom. The van der Waals surface area contributed by atoms with Crippen molar-refractivity contribution in [2.75, 3.05) is 23.1 Å². The predicted molar refractivity (Wildman–Crippen MR) is 114 cm³/mol. The van der Waals surface area contributed by atoms with Gasteiger partial charge in [0.05, 0.1) is 29.5 Å². The number of amides is 3. The lowest BCUT2D eigenvalue weighted by atomic mass is 10.1. The molecular formula is C23H17N3O5. The minimum absolute atomic E-state index is 0.174. The summed E-state index contributed by atoms with van der Waals surface area (Å²) < 4.78 is 4.65. The number of nitrogen functional groups attached to an aromatic ring is 1. The van der Waals surface area contributed by atoms with Crippen LogP contribution in [-0.2, 0) is 4.74 Å². The normalized spacial score (nSPS) is 12.5. The molecule has 0 bridgehead atoms. The zero-order valence-electron chi connectivity index (χ0n) is 16.4. The Morgan fingerprint density at radius 1 is 0.871 bits per heavy atom. The van der Waals surface area contributed by atoms with Gasteiger partial charge < -0.3 is 15.8 Å². The third-order valence-corrected chi connectivity index (χ3v) is 4.84. The summed E-state index contributed by atoms with van der Waals surface area (Å²) in [6.45, 7) is 0. The van der Waals surface area contributed by atoms with E-state index in [1.54, 1.807) is 24.3 Å². The largest absolute Gasteiger partial charge is 0.465 e. The zero-order valence-corrected chi connectivity index (χ0v) is 16.4. The first-order valence-electron chi connectivity index (χ1n) is 9.27. The topological polar surface area (TPSA) is 119 Å². The molecule has 1 heterocycles. The zero-order chi connectivity index (χ0) is 22.1. The number of esters is 1. The van der Waals surface area contributed by atoms with E-state index in [4.69, 9.17) is 5.73 Å². The van der Waals surface area contributed by atoms with E-state index in [0.717, 1.165) is 4.90 Å². The van der Waals surface area contributed by atoms with Crippen molar-refractivity contribution in [1.82, 2.24) is 0 Å². The van der Waals surface area contributed by atoms with Crippen LogP contribution in [0.15, 0.2) is 66.7 Å². The summed E-state index contributed by atoms with van der Waals surface area (Å²) in [6, 6.07) is 16.9. The van der Waals surface area contributed by atoms with Crippen LogP contribution in [0.2, 0.25) is 0 Å². The van der Waals surface area contributed by atoms with Crippen LogP contribution >= 0.6 is 0 Å². The number of nitrogens with one attached hydrogen (secondary N) is 1. The third kappa shape index (κ3) is 3.62. The Kier molecular flexibility index (Phi) is 4.96. The molecule has 8 heteroatoms. The van der Waals surface area contributed by atoms with Gasteiger partial charge in [0.15, 0.2) is 0 Å². The summed E-state index contributed by atoms with van der Waals surface area (Å²) in [5.74, 6) is -1.92. The maximum atomic E-state index is 12.9. The highest BCUT2D eigenvalue weighted by molar-refractivity contribution is 6.34. The van der Waals surface area contributed by atoms with Gasteiger partial charge in [-0.1, -0.05) is 6.07 Å². The summed E-state index contributed by atoms with van der Waals surface area (Å²) in [4.78, 5) is 50.8. The lowest BCUT2D eigenvalue weighted by molar-refractivity contribution is 0.0600. The minimum Gasteiger partial charge on any atom is -0.465 e. The van der Waals surface area contributed by atoms with E-state index in [0.29, 0.717) is 28.2 Å². The Labute approximate surface area is 177 Å². The highest BCUT2D eigenvalue weighted by Gasteiger charge is 2.37. The maximum Gasteiger partial charge on any atom is 0.337 e. The number of methoxy groups -OCH3 is 1. The van der Waals surface area contributed by atoms with Gasteiger partial charge in [-0.15, -0.1) is 0 Å². The average molecular weight is 415 g/mol. The average Bonchev–Trinajstić information content (AvgIpc) is 3.03. The molecule has 0 radical (unpaired) electrons. The minimum atomic E-state index is -0.522. The van der Waals surface area contributed by atoms with E-state index < -0.39 is 17.8 Å². The summed E-state index contributed by atoms with van der Waals surface area (Å²) in [6.07, 6.45) is 0. The summed E-state index contributed by atoms with van der Waals surface area (Å²) in [5.41, 5.74) is 7.93. The Hall–Kier alpha value is -4.46. The molecule has 0 saturated heterocycles. The van der Waals surface area contributed by atoms with Gasteiger partial charge in [-0.2, -0.15) is 0 Å². The predicted octanol–water partition coefficient (Wildman–Crippen LogP) is 3.11. The molecule has 4 rings (SSSR count). The van der Waals surface area contributed by atoms with E-state index in [1.807, 2.05) is 0 Å². The third-order valence-electron chi connectivity index (χ3n) is 4.84. The molecule has 1 aliphatic rings. The molecule has 0 aliphatic carbocycles. The monoisotopic (exact) mass is 415 g/mol. The Morgan fingerprint density at radius 3 is 2.26 bits per heavy atom. The van der Waals surface area contributed by atoms with Crippen LogP contribution in [0.4, 0.5) is 17.1 Å². The molecule has 154 valence electrons. The van der Waals surface area contributed by atoms with Gasteiger partial charge in [-0.25, -0.2) is 9.69 Å². The van der Waals surface area contributed by atoms with Gasteiger partial charge in [0.1, 0.15) is 0 Å². The lowest BCUT2D eigenvalue weighted by Gasteiger charge is -2.14. The van der Waals surface area contributed by atoms with E-state index in [2.05, 4.69) is 10.1 Å². The smallest absolute Gasteiger partial charge is 0.337 e. The molecule has 0 unspecified atom stereocenters. The number of hydrogen-bond acceptors (Lipinski definition) is 6. The molecule has 1 aliphatic heterocycles. The fraction of sp³-hybridized carbons (Fsp3) is 0.0435. The van der Waals surface area contributed by atoms with Crippen molar-refractivity contribution in [3.05, 3.63) is 89.0 Å². The van der Waals surface area contributed by atoms with Crippen LogP contribution in [0, 0.1) is 0 Å². The molecular weight excluding hydrogens is 398 g/mol. The molecule has 0 saturated carbocycles. The van der Waals surface area contributed by atoms with Crippen molar-refractivity contribution in [2.24, 2.45) is 0 Å². The number of hydrogen-bond donors (Lipinski definition) is 2. The first kappa shape index (κ1) is 19.8. The SMILES string of the molecule is COC(=O)c1ccc(N2C(=O)c3ccc(NC(=O)c4cccc(N)c4)cc3C2=O)cc1. The number of benzene rings is 3. The van der Waals surface area contributed by atoms with Gasteiger partial charge in [0.2, 0.25) is 0 Å². The fourth-order valence-corrected chi connectivity index (χ4v) is 3.30.